The number of amides is 1. The van der Waals surface area contributed by atoms with Crippen molar-refractivity contribution in [2.45, 2.75) is 0 Å². The molecule has 0 aliphatic carbocycles. The SMILES string of the molecule is CNC(=O)c1cnc2c(c1)C=NCN2. The summed E-state index contributed by atoms with van der Waals surface area (Å²) in [6.45, 7) is 0.541. The molecule has 0 saturated heterocycles. The second-order valence-electron chi connectivity index (χ2n) is 2.89. The lowest BCUT2D eigenvalue weighted by molar-refractivity contribution is 0.0963. The van der Waals surface area contributed by atoms with Gasteiger partial charge in [0.1, 0.15) is 12.5 Å². The molecule has 72 valence electrons. The molecule has 0 radical (unpaired) electrons. The number of hydrogen-bond donors (Lipinski definition) is 2. The van der Waals surface area contributed by atoms with E-state index in [2.05, 4.69) is 20.6 Å². The number of aromatic nitrogens is 1. The van der Waals surface area contributed by atoms with Crippen LogP contribution in [0.4, 0.5) is 5.82 Å². The van der Waals surface area contributed by atoms with Gasteiger partial charge in [0.2, 0.25) is 0 Å². The summed E-state index contributed by atoms with van der Waals surface area (Å²) in [5, 5.41) is 5.55. The predicted octanol–water partition coefficient (Wildman–Crippen LogP) is 0.243. The number of fused-ring (bicyclic) bond motifs is 1. The molecule has 0 atom stereocenters. The van der Waals surface area contributed by atoms with E-state index in [4.69, 9.17) is 0 Å². The number of carbonyl (C=O) groups excluding carboxylic acids is 1. The van der Waals surface area contributed by atoms with Gasteiger partial charge < -0.3 is 10.6 Å². The maximum atomic E-state index is 11.3. The van der Waals surface area contributed by atoms with Gasteiger partial charge in [-0.15, -0.1) is 0 Å². The molecule has 0 unspecified atom stereocenters. The van der Waals surface area contributed by atoms with Crippen molar-refractivity contribution in [3.8, 4) is 0 Å². The van der Waals surface area contributed by atoms with Gasteiger partial charge in [-0.25, -0.2) is 4.98 Å². The van der Waals surface area contributed by atoms with E-state index in [1.807, 2.05) is 0 Å². The molecule has 1 aromatic heterocycles. The Morgan fingerprint density at radius 1 is 1.64 bits per heavy atom. The van der Waals surface area contributed by atoms with E-state index in [1.54, 1.807) is 25.5 Å². The zero-order valence-corrected chi connectivity index (χ0v) is 7.74. The lowest BCUT2D eigenvalue weighted by Gasteiger charge is -2.11. The first-order valence-electron chi connectivity index (χ1n) is 4.27. The first kappa shape index (κ1) is 8.68. The molecule has 14 heavy (non-hydrogen) atoms. The molecule has 2 N–H and O–H groups in total. The highest BCUT2D eigenvalue weighted by Crippen LogP contribution is 2.14. The van der Waals surface area contributed by atoms with E-state index in [0.717, 1.165) is 11.4 Å². The minimum absolute atomic E-state index is 0.140. The number of nitrogens with one attached hydrogen (secondary N) is 2. The molecular weight excluding hydrogens is 180 g/mol. The van der Waals surface area contributed by atoms with Crippen LogP contribution in [0.25, 0.3) is 0 Å². The van der Waals surface area contributed by atoms with Crippen molar-refractivity contribution in [2.75, 3.05) is 19.0 Å². The van der Waals surface area contributed by atoms with Gasteiger partial charge in [0, 0.05) is 25.0 Å². The molecular formula is C9H10N4O. The molecule has 5 nitrogen and oxygen atoms in total. The van der Waals surface area contributed by atoms with Crippen LogP contribution in [0.1, 0.15) is 15.9 Å². The Bertz CT molecular complexity index is 400. The quantitative estimate of drug-likeness (QED) is 0.666. The highest BCUT2D eigenvalue weighted by molar-refractivity contribution is 5.97. The first-order valence-corrected chi connectivity index (χ1v) is 4.27. The Kier molecular flexibility index (Phi) is 2.14. The Balaban J connectivity index is 2.40. The molecule has 2 rings (SSSR count). The van der Waals surface area contributed by atoms with Gasteiger partial charge >= 0.3 is 0 Å². The van der Waals surface area contributed by atoms with Crippen LogP contribution in [-0.2, 0) is 0 Å². The Hall–Kier alpha value is -1.91. The third-order valence-electron chi connectivity index (χ3n) is 1.97. The standard InChI is InChI=1S/C9H10N4O/c1-10-9(14)7-2-6-3-11-5-13-8(6)12-4-7/h2-4H,5H2,1H3,(H,10,14)(H,12,13). The molecule has 1 aromatic rings. The lowest BCUT2D eigenvalue weighted by Crippen LogP contribution is -2.19. The summed E-state index contributed by atoms with van der Waals surface area (Å²) >= 11 is 0. The van der Waals surface area contributed by atoms with Crippen LogP contribution < -0.4 is 10.6 Å². The van der Waals surface area contributed by atoms with Crippen LogP contribution in [-0.4, -0.2) is 30.8 Å². The van der Waals surface area contributed by atoms with Crippen molar-refractivity contribution >= 4 is 17.9 Å². The second-order valence-corrected chi connectivity index (χ2v) is 2.89. The summed E-state index contributed by atoms with van der Waals surface area (Å²) in [6, 6.07) is 1.76. The molecule has 5 heteroatoms. The number of pyridine rings is 1. The number of hydrogen-bond acceptors (Lipinski definition) is 4. The predicted molar refractivity (Wildman–Crippen MR) is 53.7 cm³/mol. The highest BCUT2D eigenvalue weighted by Gasteiger charge is 2.09. The van der Waals surface area contributed by atoms with Gasteiger partial charge in [0.05, 0.1) is 5.56 Å². The van der Waals surface area contributed by atoms with Crippen molar-refractivity contribution in [1.29, 1.82) is 0 Å². The summed E-state index contributed by atoms with van der Waals surface area (Å²) in [7, 11) is 1.59. The summed E-state index contributed by atoms with van der Waals surface area (Å²) < 4.78 is 0. The number of nitrogens with zero attached hydrogens (tertiary/aromatic N) is 2. The van der Waals surface area contributed by atoms with Crippen molar-refractivity contribution in [3.63, 3.8) is 0 Å². The number of anilines is 1. The lowest BCUT2D eigenvalue weighted by atomic mass is 10.2. The van der Waals surface area contributed by atoms with Gasteiger partial charge in [-0.3, -0.25) is 9.79 Å². The van der Waals surface area contributed by atoms with Crippen molar-refractivity contribution in [3.05, 3.63) is 23.4 Å². The molecule has 0 saturated carbocycles. The van der Waals surface area contributed by atoms with E-state index in [0.29, 0.717) is 12.2 Å². The Morgan fingerprint density at radius 2 is 2.50 bits per heavy atom. The van der Waals surface area contributed by atoms with Crippen LogP contribution in [0.3, 0.4) is 0 Å². The van der Waals surface area contributed by atoms with Crippen molar-refractivity contribution in [2.24, 2.45) is 4.99 Å². The smallest absolute Gasteiger partial charge is 0.252 e. The van der Waals surface area contributed by atoms with Crippen molar-refractivity contribution < 1.29 is 4.79 Å². The number of aliphatic imine (C=N–C) groups is 1. The Labute approximate surface area is 81.3 Å². The topological polar surface area (TPSA) is 66.4 Å². The van der Waals surface area contributed by atoms with Crippen molar-refractivity contribution in [1.82, 2.24) is 10.3 Å². The van der Waals surface area contributed by atoms with Crippen LogP contribution in [0.5, 0.6) is 0 Å². The van der Waals surface area contributed by atoms with Gasteiger partial charge in [0.25, 0.3) is 5.91 Å². The first-order chi connectivity index (χ1) is 6.81. The van der Waals surface area contributed by atoms with E-state index in [1.165, 1.54) is 0 Å². The van der Waals surface area contributed by atoms with Crippen LogP contribution in [0.15, 0.2) is 17.3 Å². The second kappa shape index (κ2) is 3.45. The van der Waals surface area contributed by atoms with Gasteiger partial charge in [-0.2, -0.15) is 0 Å². The molecule has 0 spiro atoms. The fourth-order valence-electron chi connectivity index (χ4n) is 1.26. The minimum Gasteiger partial charge on any atom is -0.355 e. The third kappa shape index (κ3) is 1.44. The maximum absolute atomic E-state index is 11.3. The minimum atomic E-state index is -0.140. The number of rotatable bonds is 1. The monoisotopic (exact) mass is 190 g/mol. The largest absolute Gasteiger partial charge is 0.355 e. The third-order valence-corrected chi connectivity index (χ3v) is 1.97. The van der Waals surface area contributed by atoms with Crippen LogP contribution in [0, 0.1) is 0 Å². The fraction of sp³-hybridized carbons (Fsp3) is 0.222. The maximum Gasteiger partial charge on any atom is 0.252 e. The summed E-state index contributed by atoms with van der Waals surface area (Å²) in [4.78, 5) is 19.4. The van der Waals surface area contributed by atoms with E-state index < -0.39 is 0 Å². The van der Waals surface area contributed by atoms with E-state index in [-0.39, 0.29) is 5.91 Å². The molecule has 0 aromatic carbocycles. The highest BCUT2D eigenvalue weighted by atomic mass is 16.1. The van der Waals surface area contributed by atoms with Crippen LogP contribution >= 0.6 is 0 Å². The average molecular weight is 190 g/mol. The molecule has 0 fully saturated rings. The Morgan fingerprint density at radius 3 is 3.29 bits per heavy atom. The zero-order valence-electron chi connectivity index (χ0n) is 7.74. The van der Waals surface area contributed by atoms with E-state index in [9.17, 15) is 4.79 Å². The van der Waals surface area contributed by atoms with Gasteiger partial charge in [0.15, 0.2) is 0 Å². The summed E-state index contributed by atoms with van der Waals surface area (Å²) in [5.74, 6) is 0.631. The van der Waals surface area contributed by atoms with E-state index >= 15 is 0 Å². The average Bonchev–Trinajstić information content (AvgIpc) is 2.27. The summed E-state index contributed by atoms with van der Waals surface area (Å²) in [6.07, 6.45) is 3.26. The molecule has 1 aliphatic heterocycles. The molecule has 1 aliphatic rings. The zero-order chi connectivity index (χ0) is 9.97. The molecule has 1 amide bonds. The molecule has 2 heterocycles. The molecule has 0 bridgehead atoms. The number of carbonyl (C=O) groups is 1. The van der Waals surface area contributed by atoms with Crippen LogP contribution in [0.2, 0.25) is 0 Å². The van der Waals surface area contributed by atoms with Gasteiger partial charge in [-0.05, 0) is 6.07 Å². The normalized spacial score (nSPS) is 12.9. The summed E-state index contributed by atoms with van der Waals surface area (Å²) in [5.41, 5.74) is 1.39. The fourth-order valence-corrected chi connectivity index (χ4v) is 1.26. The van der Waals surface area contributed by atoms with Gasteiger partial charge in [-0.1, -0.05) is 0 Å².